The van der Waals surface area contributed by atoms with Crippen LogP contribution in [0.25, 0.3) is 11.0 Å². The number of aromatic hydroxyl groups is 1. The van der Waals surface area contributed by atoms with E-state index < -0.39 is 0 Å². The van der Waals surface area contributed by atoms with Gasteiger partial charge in [0.1, 0.15) is 17.9 Å². The third-order valence-electron chi connectivity index (χ3n) is 4.02. The molecule has 1 fully saturated rings. The Balaban J connectivity index is 1.52. The number of H-pyrrole nitrogens is 1. The Morgan fingerprint density at radius 1 is 0.955 bits per heavy atom. The van der Waals surface area contributed by atoms with Gasteiger partial charge in [-0.15, -0.1) is 0 Å². The Morgan fingerprint density at radius 2 is 1.68 bits per heavy atom. The van der Waals surface area contributed by atoms with Crippen LogP contribution >= 0.6 is 0 Å². The van der Waals surface area contributed by atoms with Crippen molar-refractivity contribution in [2.45, 2.75) is 0 Å². The third-order valence-corrected chi connectivity index (χ3v) is 4.02. The maximum Gasteiger partial charge on any atom is 0.160 e. The molecule has 2 N–H and O–H groups in total. The summed E-state index contributed by atoms with van der Waals surface area (Å²) in [6.07, 6.45) is 3.35. The second-order valence-electron chi connectivity index (χ2n) is 5.32. The number of benzene rings is 1. The van der Waals surface area contributed by atoms with E-state index in [4.69, 9.17) is 0 Å². The lowest BCUT2D eigenvalue weighted by Crippen LogP contribution is -2.46. The van der Waals surface area contributed by atoms with E-state index in [9.17, 15) is 5.11 Å². The highest BCUT2D eigenvalue weighted by Crippen LogP contribution is 2.24. The van der Waals surface area contributed by atoms with Gasteiger partial charge in [0.25, 0.3) is 0 Å². The summed E-state index contributed by atoms with van der Waals surface area (Å²) in [5.41, 5.74) is 1.90. The Hall–Kier alpha value is -2.83. The number of nitrogens with zero attached hydrogens (tertiary/aromatic N) is 5. The number of piperazine rings is 1. The predicted molar refractivity (Wildman–Crippen MR) is 84.2 cm³/mol. The number of nitrogens with one attached hydrogen (secondary N) is 1. The van der Waals surface area contributed by atoms with Gasteiger partial charge in [-0.05, 0) is 24.3 Å². The van der Waals surface area contributed by atoms with Crippen molar-refractivity contribution in [3.63, 3.8) is 0 Å². The zero-order valence-corrected chi connectivity index (χ0v) is 12.0. The first kappa shape index (κ1) is 12.9. The van der Waals surface area contributed by atoms with Gasteiger partial charge in [0.15, 0.2) is 5.65 Å². The van der Waals surface area contributed by atoms with E-state index in [-0.39, 0.29) is 0 Å². The summed E-state index contributed by atoms with van der Waals surface area (Å²) in [5.74, 6) is 1.23. The van der Waals surface area contributed by atoms with Crippen LogP contribution < -0.4 is 9.80 Å². The molecule has 1 aromatic carbocycles. The molecule has 3 aromatic rings. The van der Waals surface area contributed by atoms with Gasteiger partial charge in [0.05, 0.1) is 11.6 Å². The number of rotatable bonds is 2. The fraction of sp³-hybridized carbons (Fsp3) is 0.267. The van der Waals surface area contributed by atoms with E-state index in [0.29, 0.717) is 5.75 Å². The van der Waals surface area contributed by atoms with Gasteiger partial charge in [-0.25, -0.2) is 9.97 Å². The Kier molecular flexibility index (Phi) is 3.03. The first-order valence-electron chi connectivity index (χ1n) is 7.24. The lowest BCUT2D eigenvalue weighted by molar-refractivity contribution is 0.475. The van der Waals surface area contributed by atoms with Crippen LogP contribution in [0.15, 0.2) is 36.8 Å². The SMILES string of the molecule is Oc1ccc(N2CCN(c3ncnc4[nH]ncc34)CC2)cc1. The van der Waals surface area contributed by atoms with E-state index in [1.807, 2.05) is 12.1 Å². The van der Waals surface area contributed by atoms with Crippen molar-refractivity contribution in [1.82, 2.24) is 20.2 Å². The average molecular weight is 296 g/mol. The number of fused-ring (bicyclic) bond motifs is 1. The Morgan fingerprint density at radius 3 is 2.45 bits per heavy atom. The van der Waals surface area contributed by atoms with E-state index in [1.54, 1.807) is 24.7 Å². The molecule has 1 aliphatic rings. The minimum absolute atomic E-state index is 0.297. The molecule has 1 aliphatic heterocycles. The summed E-state index contributed by atoms with van der Waals surface area (Å²) in [6.45, 7) is 3.60. The predicted octanol–water partition coefficient (Wildman–Crippen LogP) is 1.39. The van der Waals surface area contributed by atoms with Crippen molar-refractivity contribution in [3.8, 4) is 5.75 Å². The van der Waals surface area contributed by atoms with Crippen LogP contribution in [0.4, 0.5) is 11.5 Å². The third kappa shape index (κ3) is 2.20. The number of aromatic amines is 1. The number of anilines is 2. The monoisotopic (exact) mass is 296 g/mol. The first-order chi connectivity index (χ1) is 10.8. The fourth-order valence-electron chi connectivity index (χ4n) is 2.84. The van der Waals surface area contributed by atoms with Crippen LogP contribution in [0.2, 0.25) is 0 Å². The molecule has 22 heavy (non-hydrogen) atoms. The van der Waals surface area contributed by atoms with Gasteiger partial charge in [-0.2, -0.15) is 5.10 Å². The highest BCUT2D eigenvalue weighted by molar-refractivity contribution is 5.86. The van der Waals surface area contributed by atoms with Gasteiger partial charge < -0.3 is 14.9 Å². The second kappa shape index (κ2) is 5.18. The number of phenolic OH excluding ortho intramolecular Hbond substituents is 1. The second-order valence-corrected chi connectivity index (χ2v) is 5.32. The van der Waals surface area contributed by atoms with Crippen LogP contribution in [0, 0.1) is 0 Å². The van der Waals surface area contributed by atoms with Crippen LogP contribution in [-0.2, 0) is 0 Å². The Bertz CT molecular complexity index is 776. The number of phenols is 1. The zero-order valence-electron chi connectivity index (χ0n) is 12.0. The summed E-state index contributed by atoms with van der Waals surface area (Å²) in [7, 11) is 0. The highest BCUT2D eigenvalue weighted by Gasteiger charge is 2.20. The van der Waals surface area contributed by atoms with Crippen LogP contribution in [0.3, 0.4) is 0 Å². The number of aromatic nitrogens is 4. The van der Waals surface area contributed by atoms with Crippen molar-refractivity contribution in [1.29, 1.82) is 0 Å². The molecular formula is C15H16N6O. The molecule has 0 unspecified atom stereocenters. The molecule has 0 amide bonds. The molecule has 7 heteroatoms. The van der Waals surface area contributed by atoms with E-state index in [1.165, 1.54) is 0 Å². The van der Waals surface area contributed by atoms with Gasteiger partial charge in [0, 0.05) is 31.9 Å². The molecule has 0 saturated carbocycles. The van der Waals surface area contributed by atoms with E-state index >= 15 is 0 Å². The fourth-order valence-corrected chi connectivity index (χ4v) is 2.84. The molecule has 0 atom stereocenters. The molecule has 0 radical (unpaired) electrons. The molecule has 0 spiro atoms. The topological polar surface area (TPSA) is 81.2 Å². The maximum atomic E-state index is 9.38. The molecule has 112 valence electrons. The standard InChI is InChI=1S/C15H16N6O/c22-12-3-1-11(2-4-12)20-5-7-21(8-6-20)15-13-9-18-19-14(13)16-10-17-15/h1-4,9-10,22H,5-8H2,(H,16,17,18,19). The molecule has 3 heterocycles. The minimum atomic E-state index is 0.297. The molecule has 4 rings (SSSR count). The number of hydrogen-bond donors (Lipinski definition) is 2. The van der Waals surface area contributed by atoms with Gasteiger partial charge >= 0.3 is 0 Å². The van der Waals surface area contributed by atoms with Gasteiger partial charge in [-0.1, -0.05) is 0 Å². The van der Waals surface area contributed by atoms with Crippen molar-refractivity contribution in [2.24, 2.45) is 0 Å². The molecule has 0 bridgehead atoms. The molecule has 7 nitrogen and oxygen atoms in total. The molecular weight excluding hydrogens is 280 g/mol. The average Bonchev–Trinajstić information content (AvgIpc) is 3.04. The molecule has 0 aliphatic carbocycles. The quantitative estimate of drug-likeness (QED) is 0.743. The summed E-state index contributed by atoms with van der Waals surface area (Å²) < 4.78 is 0. The van der Waals surface area contributed by atoms with E-state index in [0.717, 1.165) is 48.7 Å². The van der Waals surface area contributed by atoms with Crippen molar-refractivity contribution >= 4 is 22.5 Å². The van der Waals surface area contributed by atoms with Gasteiger partial charge in [0.2, 0.25) is 0 Å². The first-order valence-corrected chi connectivity index (χ1v) is 7.24. The highest BCUT2D eigenvalue weighted by atomic mass is 16.3. The van der Waals surface area contributed by atoms with Crippen LogP contribution in [0.1, 0.15) is 0 Å². The molecule has 2 aromatic heterocycles. The zero-order chi connectivity index (χ0) is 14.9. The van der Waals surface area contributed by atoms with Crippen molar-refractivity contribution in [2.75, 3.05) is 36.0 Å². The molecule has 1 saturated heterocycles. The van der Waals surface area contributed by atoms with E-state index in [2.05, 4.69) is 30.0 Å². The van der Waals surface area contributed by atoms with Crippen molar-refractivity contribution in [3.05, 3.63) is 36.8 Å². The summed E-state index contributed by atoms with van der Waals surface area (Å²) in [4.78, 5) is 13.2. The lowest BCUT2D eigenvalue weighted by Gasteiger charge is -2.36. The van der Waals surface area contributed by atoms with Gasteiger partial charge in [-0.3, -0.25) is 5.10 Å². The lowest BCUT2D eigenvalue weighted by atomic mass is 10.2. The summed E-state index contributed by atoms with van der Waals surface area (Å²) >= 11 is 0. The Labute approximate surface area is 127 Å². The van der Waals surface area contributed by atoms with Crippen LogP contribution in [0.5, 0.6) is 5.75 Å². The summed E-state index contributed by atoms with van der Waals surface area (Å²) in [6, 6.07) is 7.34. The van der Waals surface area contributed by atoms with Crippen LogP contribution in [-0.4, -0.2) is 51.5 Å². The maximum absolute atomic E-state index is 9.38. The van der Waals surface area contributed by atoms with Crippen molar-refractivity contribution < 1.29 is 5.11 Å². The normalized spacial score (nSPS) is 15.5. The summed E-state index contributed by atoms with van der Waals surface area (Å²) in [5, 5.41) is 17.3. The smallest absolute Gasteiger partial charge is 0.160 e. The minimum Gasteiger partial charge on any atom is -0.508 e. The largest absolute Gasteiger partial charge is 0.508 e. The number of hydrogen-bond acceptors (Lipinski definition) is 6.